The van der Waals surface area contributed by atoms with E-state index in [1.54, 1.807) is 11.3 Å². The number of anilines is 2. The highest BCUT2D eigenvalue weighted by Crippen LogP contribution is 2.31. The Kier molecular flexibility index (Phi) is 3.72. The molecule has 22 heavy (non-hydrogen) atoms. The maximum atomic E-state index is 4.68. The van der Waals surface area contributed by atoms with Crippen molar-refractivity contribution in [3.8, 4) is 10.6 Å². The first-order valence-electron chi connectivity index (χ1n) is 7.92. The zero-order valence-corrected chi connectivity index (χ0v) is 13.6. The molecule has 0 aromatic carbocycles. The summed E-state index contributed by atoms with van der Waals surface area (Å²) in [6.45, 7) is 3.30. The fourth-order valence-electron chi connectivity index (χ4n) is 3.49. The Labute approximate surface area is 134 Å². The Morgan fingerprint density at radius 3 is 3.09 bits per heavy atom. The highest BCUT2D eigenvalue weighted by molar-refractivity contribution is 7.13. The summed E-state index contributed by atoms with van der Waals surface area (Å²) in [5.74, 6) is 2.50. The topological polar surface area (TPSA) is 53.1 Å². The molecule has 4 rings (SSSR count). The van der Waals surface area contributed by atoms with Gasteiger partial charge in [-0.2, -0.15) is 4.98 Å². The summed E-state index contributed by atoms with van der Waals surface area (Å²) in [5.41, 5.74) is 1.01. The standard InChI is InChI=1S/C16H21N5S/c1-17-16-19-12(14-5-3-7-22-14)8-15(20-16)21-9-11-4-2-6-18-13(11)10-21/h3,5,7-8,11,13,18H,2,4,6,9-10H2,1H3,(H,17,19,20)/t11-,13+/m0/s1. The molecule has 6 heteroatoms. The molecule has 0 spiro atoms. The first-order valence-corrected chi connectivity index (χ1v) is 8.80. The maximum absolute atomic E-state index is 4.68. The fourth-order valence-corrected chi connectivity index (χ4v) is 4.18. The minimum atomic E-state index is 0.618. The van der Waals surface area contributed by atoms with Crippen molar-refractivity contribution in [2.75, 3.05) is 36.9 Å². The molecule has 2 aromatic rings. The van der Waals surface area contributed by atoms with Gasteiger partial charge in [0.1, 0.15) is 5.82 Å². The Hall–Kier alpha value is -1.66. The smallest absolute Gasteiger partial charge is 0.224 e. The van der Waals surface area contributed by atoms with Gasteiger partial charge < -0.3 is 15.5 Å². The van der Waals surface area contributed by atoms with Gasteiger partial charge in [-0.15, -0.1) is 11.3 Å². The highest BCUT2D eigenvalue weighted by Gasteiger charge is 2.35. The first-order chi connectivity index (χ1) is 10.8. The summed E-state index contributed by atoms with van der Waals surface area (Å²) in [7, 11) is 1.88. The lowest BCUT2D eigenvalue weighted by Crippen LogP contribution is -2.40. The Balaban J connectivity index is 1.65. The predicted molar refractivity (Wildman–Crippen MR) is 91.6 cm³/mol. The molecule has 0 amide bonds. The van der Waals surface area contributed by atoms with Crippen LogP contribution in [0, 0.1) is 5.92 Å². The van der Waals surface area contributed by atoms with Gasteiger partial charge in [-0.1, -0.05) is 6.07 Å². The number of piperidine rings is 1. The molecular weight excluding hydrogens is 294 g/mol. The van der Waals surface area contributed by atoms with Crippen molar-refractivity contribution < 1.29 is 0 Å². The van der Waals surface area contributed by atoms with Crippen molar-refractivity contribution in [1.82, 2.24) is 15.3 Å². The molecular formula is C16H21N5S. The van der Waals surface area contributed by atoms with Crippen LogP contribution in [0.2, 0.25) is 0 Å². The average Bonchev–Trinajstić information content (AvgIpc) is 3.23. The molecule has 0 bridgehead atoms. The lowest BCUT2D eigenvalue weighted by atomic mass is 9.94. The lowest BCUT2D eigenvalue weighted by molar-refractivity contribution is 0.340. The molecule has 2 fully saturated rings. The van der Waals surface area contributed by atoms with Crippen molar-refractivity contribution in [2.24, 2.45) is 5.92 Å². The average molecular weight is 315 g/mol. The summed E-state index contributed by atoms with van der Waals surface area (Å²) in [5, 5.41) is 8.84. The van der Waals surface area contributed by atoms with Gasteiger partial charge in [0.2, 0.25) is 5.95 Å². The fraction of sp³-hybridized carbons (Fsp3) is 0.500. The van der Waals surface area contributed by atoms with Crippen LogP contribution < -0.4 is 15.5 Å². The number of thiophene rings is 1. The van der Waals surface area contributed by atoms with Gasteiger partial charge in [-0.25, -0.2) is 4.98 Å². The molecule has 0 radical (unpaired) electrons. The first kappa shape index (κ1) is 14.0. The van der Waals surface area contributed by atoms with Crippen LogP contribution in [0.15, 0.2) is 23.6 Å². The second-order valence-electron chi connectivity index (χ2n) is 6.03. The molecule has 0 aliphatic carbocycles. The van der Waals surface area contributed by atoms with Crippen LogP contribution in [0.25, 0.3) is 10.6 Å². The van der Waals surface area contributed by atoms with Crippen LogP contribution in [-0.4, -0.2) is 42.7 Å². The van der Waals surface area contributed by atoms with Crippen LogP contribution in [0.1, 0.15) is 12.8 Å². The zero-order chi connectivity index (χ0) is 14.9. The molecule has 0 saturated carbocycles. The molecule has 2 aliphatic heterocycles. The normalized spacial score (nSPS) is 24.3. The summed E-state index contributed by atoms with van der Waals surface area (Å²) in [4.78, 5) is 12.9. The van der Waals surface area contributed by atoms with Crippen molar-refractivity contribution in [3.05, 3.63) is 23.6 Å². The van der Waals surface area contributed by atoms with E-state index in [0.29, 0.717) is 12.0 Å². The van der Waals surface area contributed by atoms with E-state index in [4.69, 9.17) is 0 Å². The van der Waals surface area contributed by atoms with E-state index in [-0.39, 0.29) is 0 Å². The van der Waals surface area contributed by atoms with Crippen LogP contribution in [-0.2, 0) is 0 Å². The number of hydrogen-bond donors (Lipinski definition) is 2. The van der Waals surface area contributed by atoms with Gasteiger partial charge in [-0.3, -0.25) is 0 Å². The van der Waals surface area contributed by atoms with Gasteiger partial charge >= 0.3 is 0 Å². The van der Waals surface area contributed by atoms with E-state index < -0.39 is 0 Å². The number of rotatable bonds is 3. The van der Waals surface area contributed by atoms with Gasteiger partial charge in [0.15, 0.2) is 0 Å². The SMILES string of the molecule is CNc1nc(-c2cccs2)cc(N2C[C@@H]3CCCN[C@@H]3C2)n1. The molecule has 0 unspecified atom stereocenters. The third-order valence-electron chi connectivity index (χ3n) is 4.63. The van der Waals surface area contributed by atoms with E-state index in [1.165, 1.54) is 17.7 Å². The maximum Gasteiger partial charge on any atom is 0.224 e. The second kappa shape index (κ2) is 5.85. The molecule has 2 aromatic heterocycles. The molecule has 2 atom stereocenters. The quantitative estimate of drug-likeness (QED) is 0.911. The zero-order valence-electron chi connectivity index (χ0n) is 12.7. The minimum absolute atomic E-state index is 0.618. The number of aromatic nitrogens is 2. The van der Waals surface area contributed by atoms with E-state index in [2.05, 4.69) is 49.1 Å². The number of hydrogen-bond acceptors (Lipinski definition) is 6. The predicted octanol–water partition coefficient (Wildman–Crippen LogP) is 2.43. The second-order valence-corrected chi connectivity index (χ2v) is 6.98. The molecule has 2 aliphatic rings. The highest BCUT2D eigenvalue weighted by atomic mass is 32.1. The van der Waals surface area contributed by atoms with Crippen LogP contribution in [0.5, 0.6) is 0 Å². The number of nitrogens with zero attached hydrogens (tertiary/aromatic N) is 3. The largest absolute Gasteiger partial charge is 0.357 e. The summed E-state index contributed by atoms with van der Waals surface area (Å²) in [6.07, 6.45) is 2.62. The molecule has 2 N–H and O–H groups in total. The van der Waals surface area contributed by atoms with Gasteiger partial charge in [0.05, 0.1) is 10.6 Å². The summed E-state index contributed by atoms with van der Waals surface area (Å²) < 4.78 is 0. The van der Waals surface area contributed by atoms with E-state index in [9.17, 15) is 0 Å². The molecule has 2 saturated heterocycles. The third-order valence-corrected chi connectivity index (χ3v) is 5.53. The minimum Gasteiger partial charge on any atom is -0.357 e. The van der Waals surface area contributed by atoms with Crippen LogP contribution in [0.3, 0.4) is 0 Å². The Bertz CT molecular complexity index is 628. The van der Waals surface area contributed by atoms with Crippen molar-refractivity contribution >= 4 is 23.1 Å². The van der Waals surface area contributed by atoms with E-state index in [1.807, 2.05) is 7.05 Å². The van der Waals surface area contributed by atoms with E-state index >= 15 is 0 Å². The summed E-state index contributed by atoms with van der Waals surface area (Å²) in [6, 6.07) is 6.92. The molecule has 116 valence electrons. The third kappa shape index (κ3) is 2.57. The van der Waals surface area contributed by atoms with Crippen molar-refractivity contribution in [1.29, 1.82) is 0 Å². The lowest BCUT2D eigenvalue weighted by Gasteiger charge is -2.24. The van der Waals surface area contributed by atoms with Crippen LogP contribution in [0.4, 0.5) is 11.8 Å². The van der Waals surface area contributed by atoms with Gasteiger partial charge in [0.25, 0.3) is 0 Å². The van der Waals surface area contributed by atoms with Gasteiger partial charge in [-0.05, 0) is 36.8 Å². The number of fused-ring (bicyclic) bond motifs is 1. The van der Waals surface area contributed by atoms with Gasteiger partial charge in [0, 0.05) is 32.2 Å². The number of nitrogens with one attached hydrogen (secondary N) is 2. The van der Waals surface area contributed by atoms with Crippen LogP contribution >= 0.6 is 11.3 Å². The molecule has 5 nitrogen and oxygen atoms in total. The monoisotopic (exact) mass is 315 g/mol. The van der Waals surface area contributed by atoms with Crippen molar-refractivity contribution in [3.63, 3.8) is 0 Å². The van der Waals surface area contributed by atoms with E-state index in [0.717, 1.165) is 37.1 Å². The molecule has 4 heterocycles. The summed E-state index contributed by atoms with van der Waals surface area (Å²) >= 11 is 1.72. The Morgan fingerprint density at radius 1 is 1.36 bits per heavy atom. The Morgan fingerprint density at radius 2 is 2.32 bits per heavy atom. The van der Waals surface area contributed by atoms with Crippen molar-refractivity contribution in [2.45, 2.75) is 18.9 Å².